The maximum atomic E-state index is 12.6. The second-order valence-corrected chi connectivity index (χ2v) is 8.33. The van der Waals surface area contributed by atoms with Crippen molar-refractivity contribution < 1.29 is 9.53 Å². The number of ether oxygens (including phenoxy) is 1. The van der Waals surface area contributed by atoms with Crippen molar-refractivity contribution in [3.05, 3.63) is 52.3 Å². The number of carbonyl (C=O) groups excluding carboxylic acids is 1. The number of Topliss-reactive ketones (excluding diaryl/α,β-unsaturated/α-hetero) is 1. The first kappa shape index (κ1) is 20.2. The summed E-state index contributed by atoms with van der Waals surface area (Å²) in [5, 5.41) is 6.90. The van der Waals surface area contributed by atoms with E-state index in [9.17, 15) is 4.79 Å². The molecule has 1 aromatic heterocycles. The van der Waals surface area contributed by atoms with Gasteiger partial charge in [0.1, 0.15) is 12.4 Å². The summed E-state index contributed by atoms with van der Waals surface area (Å²) in [6.07, 6.45) is 4.38. The number of rotatable bonds is 7. The van der Waals surface area contributed by atoms with E-state index >= 15 is 0 Å². The maximum absolute atomic E-state index is 12.6. The van der Waals surface area contributed by atoms with Crippen LogP contribution in [0.4, 0.5) is 5.69 Å². The van der Waals surface area contributed by atoms with Crippen LogP contribution in [0, 0.1) is 5.92 Å². The number of ketones is 1. The molecule has 1 saturated heterocycles. The highest BCUT2D eigenvalue weighted by Gasteiger charge is 2.23. The third-order valence-electron chi connectivity index (χ3n) is 5.35. The topological polar surface area (TPSA) is 75.6 Å². The van der Waals surface area contributed by atoms with Gasteiger partial charge >= 0.3 is 0 Å². The van der Waals surface area contributed by atoms with Crippen LogP contribution in [-0.4, -0.2) is 42.7 Å². The number of hydrogen-bond acceptors (Lipinski definition) is 6. The molecular weight excluding hydrogens is 432 g/mol. The number of aromatic nitrogens is 1. The van der Waals surface area contributed by atoms with Crippen LogP contribution in [0.25, 0.3) is 0 Å². The lowest BCUT2D eigenvalue weighted by Gasteiger charge is -2.23. The van der Waals surface area contributed by atoms with E-state index in [2.05, 4.69) is 31.5 Å². The molecule has 29 heavy (non-hydrogen) atoms. The molecule has 2 aliphatic heterocycles. The first-order valence-corrected chi connectivity index (χ1v) is 10.9. The van der Waals surface area contributed by atoms with E-state index in [1.165, 1.54) is 12.8 Å². The lowest BCUT2D eigenvalue weighted by molar-refractivity contribution is 0.0998. The standard InChI is InChI=1S/C22H25BrN4O2/c23-18-3-1-2-4-21(18)29-14-16-11-20(28)17-7-10-26-19(22(17)27-16)13-25-12-15-5-8-24-9-6-15/h1-4,7,10,15,24-25H,5-6,8-9,11-14H2. The summed E-state index contributed by atoms with van der Waals surface area (Å²) >= 11 is 3.48. The lowest BCUT2D eigenvalue weighted by Crippen LogP contribution is -2.33. The number of pyridine rings is 1. The Bertz CT molecular complexity index is 909. The number of halogens is 1. The van der Waals surface area contributed by atoms with Crippen LogP contribution in [0.2, 0.25) is 0 Å². The molecule has 3 heterocycles. The second kappa shape index (κ2) is 9.61. The fourth-order valence-electron chi connectivity index (χ4n) is 3.74. The number of hydrogen-bond donors (Lipinski definition) is 2. The van der Waals surface area contributed by atoms with Crippen LogP contribution in [0.3, 0.4) is 0 Å². The number of fused-ring (bicyclic) bond motifs is 1. The van der Waals surface area contributed by atoms with E-state index in [4.69, 9.17) is 9.73 Å². The fourth-order valence-corrected chi connectivity index (χ4v) is 4.14. The normalized spacial score (nSPS) is 17.0. The molecule has 152 valence electrons. The van der Waals surface area contributed by atoms with Gasteiger partial charge in [-0.15, -0.1) is 0 Å². The molecule has 0 bridgehead atoms. The van der Waals surface area contributed by atoms with Crippen molar-refractivity contribution in [2.24, 2.45) is 10.9 Å². The predicted molar refractivity (Wildman–Crippen MR) is 117 cm³/mol. The van der Waals surface area contributed by atoms with Crippen molar-refractivity contribution in [2.45, 2.75) is 25.8 Å². The smallest absolute Gasteiger partial charge is 0.170 e. The number of benzene rings is 1. The highest BCUT2D eigenvalue weighted by Crippen LogP contribution is 2.30. The van der Waals surface area contributed by atoms with Gasteiger partial charge in [-0.3, -0.25) is 14.8 Å². The van der Waals surface area contributed by atoms with Crippen molar-refractivity contribution >= 4 is 33.1 Å². The van der Waals surface area contributed by atoms with E-state index in [0.717, 1.165) is 41.3 Å². The fraction of sp³-hybridized carbons (Fsp3) is 0.409. The summed E-state index contributed by atoms with van der Waals surface area (Å²) in [6, 6.07) is 9.43. The first-order chi connectivity index (χ1) is 14.2. The third kappa shape index (κ3) is 5.10. The quantitative estimate of drug-likeness (QED) is 0.664. The third-order valence-corrected chi connectivity index (χ3v) is 6.01. The van der Waals surface area contributed by atoms with Gasteiger partial charge in [-0.05, 0) is 72.5 Å². The number of nitrogens with one attached hydrogen (secondary N) is 2. The van der Waals surface area contributed by atoms with Gasteiger partial charge in [0.2, 0.25) is 0 Å². The number of piperidine rings is 1. The molecule has 0 atom stereocenters. The molecule has 0 saturated carbocycles. The van der Waals surface area contributed by atoms with Gasteiger partial charge in [-0.2, -0.15) is 0 Å². The van der Waals surface area contributed by atoms with E-state index in [1.54, 1.807) is 12.3 Å². The van der Waals surface area contributed by atoms with E-state index in [-0.39, 0.29) is 18.8 Å². The van der Waals surface area contributed by atoms with Crippen molar-refractivity contribution in [1.82, 2.24) is 15.6 Å². The molecule has 0 unspecified atom stereocenters. The monoisotopic (exact) mass is 456 g/mol. The number of para-hydroxylation sites is 1. The molecule has 0 radical (unpaired) electrons. The summed E-state index contributed by atoms with van der Waals surface area (Å²) in [5.41, 5.74) is 2.89. The van der Waals surface area contributed by atoms with Crippen LogP contribution in [0.5, 0.6) is 5.75 Å². The Morgan fingerprint density at radius 1 is 1.21 bits per heavy atom. The lowest BCUT2D eigenvalue weighted by atomic mass is 9.98. The van der Waals surface area contributed by atoms with Gasteiger partial charge in [0.15, 0.2) is 5.78 Å². The van der Waals surface area contributed by atoms with Crippen molar-refractivity contribution in [2.75, 3.05) is 26.2 Å². The zero-order valence-electron chi connectivity index (χ0n) is 16.3. The predicted octanol–water partition coefficient (Wildman–Crippen LogP) is 3.67. The number of carbonyl (C=O) groups is 1. The summed E-state index contributed by atoms with van der Waals surface area (Å²) in [5.74, 6) is 1.50. The molecule has 1 fully saturated rings. The average Bonchev–Trinajstić information content (AvgIpc) is 2.74. The molecule has 0 amide bonds. The second-order valence-electron chi connectivity index (χ2n) is 7.48. The summed E-state index contributed by atoms with van der Waals surface area (Å²) in [4.78, 5) is 21.9. The zero-order chi connectivity index (χ0) is 20.1. The van der Waals surface area contributed by atoms with Gasteiger partial charge in [-0.25, -0.2) is 0 Å². The highest BCUT2D eigenvalue weighted by atomic mass is 79.9. The Kier molecular flexibility index (Phi) is 6.69. The molecule has 2 aliphatic rings. The van der Waals surface area contributed by atoms with Crippen LogP contribution in [0.15, 0.2) is 46.0 Å². The van der Waals surface area contributed by atoms with Crippen molar-refractivity contribution in [1.29, 1.82) is 0 Å². The molecule has 4 rings (SSSR count). The number of nitrogens with zero attached hydrogens (tertiary/aromatic N) is 2. The van der Waals surface area contributed by atoms with Crippen LogP contribution >= 0.6 is 15.9 Å². The van der Waals surface area contributed by atoms with Crippen LogP contribution < -0.4 is 15.4 Å². The molecule has 7 heteroatoms. The van der Waals surface area contributed by atoms with E-state index in [1.807, 2.05) is 24.3 Å². The highest BCUT2D eigenvalue weighted by molar-refractivity contribution is 9.10. The van der Waals surface area contributed by atoms with Crippen molar-refractivity contribution in [3.63, 3.8) is 0 Å². The van der Waals surface area contributed by atoms with Crippen molar-refractivity contribution in [3.8, 4) is 5.75 Å². The Labute approximate surface area is 179 Å². The van der Waals surface area contributed by atoms with E-state index < -0.39 is 0 Å². The SMILES string of the molecule is O=C1CC(COc2ccccc2Br)=Nc2c1ccnc2CNCC1CCNCC1. The van der Waals surface area contributed by atoms with Gasteiger partial charge < -0.3 is 15.4 Å². The minimum Gasteiger partial charge on any atom is -0.486 e. The molecule has 0 aliphatic carbocycles. The van der Waals surface area contributed by atoms with E-state index in [0.29, 0.717) is 23.7 Å². The van der Waals surface area contributed by atoms with Gasteiger partial charge in [0, 0.05) is 18.3 Å². The number of aliphatic imine (C=N–C) groups is 1. The molecule has 0 spiro atoms. The Morgan fingerprint density at radius 3 is 2.86 bits per heavy atom. The Hall–Kier alpha value is -2.09. The maximum Gasteiger partial charge on any atom is 0.170 e. The Balaban J connectivity index is 1.44. The average molecular weight is 457 g/mol. The van der Waals surface area contributed by atoms with Gasteiger partial charge in [-0.1, -0.05) is 12.1 Å². The molecule has 1 aromatic carbocycles. The molecular formula is C22H25BrN4O2. The minimum absolute atomic E-state index is 0.0720. The zero-order valence-corrected chi connectivity index (χ0v) is 17.9. The summed E-state index contributed by atoms with van der Waals surface area (Å²) in [6.45, 7) is 4.03. The largest absolute Gasteiger partial charge is 0.486 e. The summed E-state index contributed by atoms with van der Waals surface area (Å²) < 4.78 is 6.75. The molecule has 2 aromatic rings. The minimum atomic E-state index is 0.0720. The molecule has 2 N–H and O–H groups in total. The van der Waals surface area contributed by atoms with Crippen LogP contribution in [-0.2, 0) is 6.54 Å². The van der Waals surface area contributed by atoms with Gasteiger partial charge in [0.05, 0.1) is 28.0 Å². The van der Waals surface area contributed by atoms with Gasteiger partial charge in [0.25, 0.3) is 0 Å². The Morgan fingerprint density at radius 2 is 2.03 bits per heavy atom. The molecule has 6 nitrogen and oxygen atoms in total. The van der Waals surface area contributed by atoms with Crippen LogP contribution in [0.1, 0.15) is 35.3 Å². The first-order valence-electron chi connectivity index (χ1n) is 10.1. The summed E-state index contributed by atoms with van der Waals surface area (Å²) in [7, 11) is 0.